The van der Waals surface area contributed by atoms with Crippen LogP contribution in [0.25, 0.3) is 11.4 Å². The lowest BCUT2D eigenvalue weighted by atomic mass is 10.2. The van der Waals surface area contributed by atoms with Crippen LogP contribution in [0.5, 0.6) is 5.75 Å². The number of hydrogen-bond donors (Lipinski definition) is 2. The number of benzene rings is 2. The second-order valence-electron chi connectivity index (χ2n) is 6.18. The van der Waals surface area contributed by atoms with Crippen molar-refractivity contribution in [3.8, 4) is 17.1 Å². The van der Waals surface area contributed by atoms with Crippen molar-refractivity contribution in [2.45, 2.75) is 5.75 Å². The summed E-state index contributed by atoms with van der Waals surface area (Å²) in [5, 5.41) is 2.72. The van der Waals surface area contributed by atoms with Crippen molar-refractivity contribution in [1.29, 1.82) is 4.78 Å². The van der Waals surface area contributed by atoms with Gasteiger partial charge in [-0.3, -0.25) is 4.78 Å². The Morgan fingerprint density at radius 3 is 2.62 bits per heavy atom. The fourth-order valence-corrected chi connectivity index (χ4v) is 3.39. The minimum Gasteiger partial charge on any atom is -0.496 e. The first-order chi connectivity index (χ1) is 13.7. The van der Waals surface area contributed by atoms with Crippen LogP contribution in [0.1, 0.15) is 5.56 Å². The molecule has 0 aliphatic rings. The van der Waals surface area contributed by atoms with Gasteiger partial charge in [-0.25, -0.2) is 27.3 Å². The largest absolute Gasteiger partial charge is 0.496 e. The van der Waals surface area contributed by atoms with Crippen LogP contribution >= 0.6 is 0 Å². The fraction of sp³-hybridized carbons (Fsp3) is 0.167. The first-order valence-corrected chi connectivity index (χ1v) is 10.3. The van der Waals surface area contributed by atoms with Crippen LogP contribution in [-0.2, 0) is 15.5 Å². The molecule has 152 valence electrons. The normalized spacial score (nSPS) is 13.0. The van der Waals surface area contributed by atoms with E-state index in [9.17, 15) is 17.4 Å². The van der Waals surface area contributed by atoms with E-state index in [4.69, 9.17) is 9.52 Å². The first-order valence-electron chi connectivity index (χ1n) is 8.15. The first kappa shape index (κ1) is 20.5. The molecule has 0 fully saturated rings. The third-order valence-corrected chi connectivity index (χ3v) is 4.63. The van der Waals surface area contributed by atoms with Crippen molar-refractivity contribution in [1.82, 2.24) is 15.0 Å². The highest BCUT2D eigenvalue weighted by atomic mass is 32.2. The molecule has 0 radical (unpaired) electrons. The quantitative estimate of drug-likeness (QED) is 0.624. The van der Waals surface area contributed by atoms with E-state index in [-0.39, 0.29) is 28.8 Å². The lowest BCUT2D eigenvalue weighted by Crippen LogP contribution is -2.06. The molecule has 3 rings (SSSR count). The van der Waals surface area contributed by atoms with Gasteiger partial charge in [0, 0.05) is 39.4 Å². The molecule has 1 heterocycles. The molecule has 2 N–H and O–H groups in total. The molecule has 0 saturated heterocycles. The van der Waals surface area contributed by atoms with E-state index in [0.717, 1.165) is 12.3 Å². The van der Waals surface area contributed by atoms with Gasteiger partial charge in [0.2, 0.25) is 5.95 Å². The Morgan fingerprint density at radius 2 is 1.93 bits per heavy atom. The standard InChI is InChI=1S/C18H16F3N5O2S/c1-28-15-6-11(19)3-4-13(15)17-23-9-24-18(26-17)25-12-5-10(8-29(2,22)27)16(21)14(20)7-12/h3-7,9,22H,8H2,1-2H3,(H,23,24,25,26). The number of ether oxygens (including phenoxy) is 1. The van der Waals surface area contributed by atoms with Crippen molar-refractivity contribution in [2.75, 3.05) is 18.7 Å². The topological polar surface area (TPSA) is 101 Å². The average Bonchev–Trinajstić information content (AvgIpc) is 2.64. The second-order valence-corrected chi connectivity index (χ2v) is 8.48. The highest BCUT2D eigenvalue weighted by Gasteiger charge is 2.15. The molecule has 29 heavy (non-hydrogen) atoms. The zero-order chi connectivity index (χ0) is 21.2. The van der Waals surface area contributed by atoms with Crippen LogP contribution in [0.15, 0.2) is 36.7 Å². The van der Waals surface area contributed by atoms with E-state index in [1.54, 1.807) is 0 Å². The molecule has 0 spiro atoms. The van der Waals surface area contributed by atoms with Gasteiger partial charge in [0.15, 0.2) is 17.5 Å². The maximum atomic E-state index is 14.0. The van der Waals surface area contributed by atoms with Gasteiger partial charge in [-0.1, -0.05) is 0 Å². The maximum absolute atomic E-state index is 14.0. The SMILES string of the molecule is COc1cc(F)ccc1-c1ncnc(Nc2cc(F)c(F)c(CS(C)(=N)=O)c2)n1. The summed E-state index contributed by atoms with van der Waals surface area (Å²) in [6, 6.07) is 5.96. The molecule has 3 aromatic rings. The summed E-state index contributed by atoms with van der Waals surface area (Å²) in [5.74, 6) is -2.86. The molecular weight excluding hydrogens is 407 g/mol. The molecule has 0 saturated carbocycles. The molecule has 11 heteroatoms. The summed E-state index contributed by atoms with van der Waals surface area (Å²) in [4.78, 5) is 12.1. The fourth-order valence-electron chi connectivity index (χ4n) is 2.59. The van der Waals surface area contributed by atoms with Crippen LogP contribution in [0.2, 0.25) is 0 Å². The average molecular weight is 423 g/mol. The summed E-state index contributed by atoms with van der Waals surface area (Å²) >= 11 is 0. The minimum atomic E-state index is -3.08. The monoisotopic (exact) mass is 423 g/mol. The van der Waals surface area contributed by atoms with Gasteiger partial charge in [0.05, 0.1) is 18.4 Å². The van der Waals surface area contributed by atoms with Gasteiger partial charge in [0.1, 0.15) is 17.9 Å². The van der Waals surface area contributed by atoms with Crippen molar-refractivity contribution in [3.63, 3.8) is 0 Å². The summed E-state index contributed by atoms with van der Waals surface area (Å²) in [5.41, 5.74) is 0.306. The highest BCUT2D eigenvalue weighted by molar-refractivity contribution is 7.90. The third kappa shape index (κ3) is 4.99. The van der Waals surface area contributed by atoms with Crippen molar-refractivity contribution >= 4 is 21.4 Å². The molecule has 0 aliphatic carbocycles. The second kappa shape index (κ2) is 8.03. The number of nitrogens with one attached hydrogen (secondary N) is 2. The molecule has 7 nitrogen and oxygen atoms in total. The van der Waals surface area contributed by atoms with Crippen molar-refractivity contribution < 1.29 is 22.1 Å². The van der Waals surface area contributed by atoms with E-state index < -0.39 is 32.9 Å². The van der Waals surface area contributed by atoms with Gasteiger partial charge < -0.3 is 10.1 Å². The summed E-state index contributed by atoms with van der Waals surface area (Å²) < 4.78 is 65.5. The number of methoxy groups -OCH3 is 1. The maximum Gasteiger partial charge on any atom is 0.230 e. The smallest absolute Gasteiger partial charge is 0.230 e. The Hall–Kier alpha value is -3.21. The molecule has 0 amide bonds. The van der Waals surface area contributed by atoms with Gasteiger partial charge >= 0.3 is 0 Å². The Balaban J connectivity index is 1.95. The lowest BCUT2D eigenvalue weighted by Gasteiger charge is -2.11. The predicted molar refractivity (Wildman–Crippen MR) is 102 cm³/mol. The number of hydrogen-bond acceptors (Lipinski definition) is 7. The molecule has 0 bridgehead atoms. The Labute approximate surface area is 165 Å². The highest BCUT2D eigenvalue weighted by Crippen LogP contribution is 2.29. The Morgan fingerprint density at radius 1 is 1.17 bits per heavy atom. The predicted octanol–water partition coefficient (Wildman–Crippen LogP) is 3.88. The van der Waals surface area contributed by atoms with E-state index >= 15 is 0 Å². The number of nitrogens with zero attached hydrogens (tertiary/aromatic N) is 3. The molecule has 1 atom stereocenters. The number of anilines is 2. The van der Waals surface area contributed by atoms with Crippen molar-refractivity contribution in [3.05, 3.63) is 59.7 Å². The molecule has 1 aromatic heterocycles. The summed E-state index contributed by atoms with van der Waals surface area (Å²) in [7, 11) is -1.71. The van der Waals surface area contributed by atoms with Crippen LogP contribution in [0, 0.1) is 22.2 Å². The summed E-state index contributed by atoms with van der Waals surface area (Å²) in [6.45, 7) is 0. The van der Waals surface area contributed by atoms with Crippen molar-refractivity contribution in [2.24, 2.45) is 0 Å². The number of halogens is 3. The van der Waals surface area contributed by atoms with Gasteiger partial charge in [-0.2, -0.15) is 4.98 Å². The Kier molecular flexibility index (Phi) is 5.69. The molecule has 0 aliphatic heterocycles. The number of rotatable bonds is 6. The number of aromatic nitrogens is 3. The zero-order valence-electron chi connectivity index (χ0n) is 15.4. The van der Waals surface area contributed by atoms with Crippen LogP contribution < -0.4 is 10.1 Å². The van der Waals surface area contributed by atoms with Gasteiger partial charge in [0.25, 0.3) is 0 Å². The van der Waals surface area contributed by atoms with Crippen LogP contribution in [-0.4, -0.2) is 32.5 Å². The molecule has 2 aromatic carbocycles. The van der Waals surface area contributed by atoms with E-state index in [0.29, 0.717) is 5.56 Å². The van der Waals surface area contributed by atoms with Gasteiger partial charge in [-0.15, -0.1) is 0 Å². The zero-order valence-corrected chi connectivity index (χ0v) is 16.2. The van der Waals surface area contributed by atoms with Crippen LogP contribution in [0.4, 0.5) is 24.8 Å². The molecular formula is C18H16F3N5O2S. The Bertz CT molecular complexity index is 1170. The third-order valence-electron chi connectivity index (χ3n) is 3.77. The lowest BCUT2D eigenvalue weighted by molar-refractivity contribution is 0.412. The summed E-state index contributed by atoms with van der Waals surface area (Å²) in [6.07, 6.45) is 2.33. The van der Waals surface area contributed by atoms with Crippen LogP contribution in [0.3, 0.4) is 0 Å². The van der Waals surface area contributed by atoms with Gasteiger partial charge in [-0.05, 0) is 18.2 Å². The van der Waals surface area contributed by atoms with E-state index in [1.165, 1.54) is 37.7 Å². The van der Waals surface area contributed by atoms with E-state index in [2.05, 4.69) is 20.3 Å². The minimum absolute atomic E-state index is 0.0152. The molecule has 1 unspecified atom stereocenters. The van der Waals surface area contributed by atoms with E-state index in [1.807, 2.05) is 0 Å².